The third-order valence-corrected chi connectivity index (χ3v) is 3.17. The summed E-state index contributed by atoms with van der Waals surface area (Å²) in [5.41, 5.74) is 5.02. The molecule has 0 radical (unpaired) electrons. The average molecular weight is 292 g/mol. The molecule has 6 heteroatoms. The zero-order valence-corrected chi connectivity index (χ0v) is 11.5. The molecule has 0 aliphatic carbocycles. The highest BCUT2D eigenvalue weighted by molar-refractivity contribution is 5.92. The zero-order chi connectivity index (χ0) is 15.4. The van der Waals surface area contributed by atoms with Crippen molar-refractivity contribution >= 4 is 28.5 Å². The van der Waals surface area contributed by atoms with Gasteiger partial charge in [0.1, 0.15) is 0 Å². The average Bonchev–Trinajstić information content (AvgIpc) is 2.55. The van der Waals surface area contributed by atoms with E-state index in [4.69, 9.17) is 0 Å². The van der Waals surface area contributed by atoms with E-state index < -0.39 is 4.92 Å². The summed E-state index contributed by atoms with van der Waals surface area (Å²) in [4.78, 5) is 14.8. The van der Waals surface area contributed by atoms with Crippen molar-refractivity contribution in [3.05, 3.63) is 76.5 Å². The van der Waals surface area contributed by atoms with Crippen molar-refractivity contribution in [2.45, 2.75) is 0 Å². The Bertz CT molecular complexity index is 856. The monoisotopic (exact) mass is 292 g/mol. The summed E-state index contributed by atoms with van der Waals surface area (Å²) in [5.74, 6) is 0. The van der Waals surface area contributed by atoms with E-state index in [1.54, 1.807) is 30.5 Å². The molecular formula is C16H12N4O2. The molecule has 1 aromatic heterocycles. The van der Waals surface area contributed by atoms with Crippen molar-refractivity contribution in [2.75, 3.05) is 5.43 Å². The van der Waals surface area contributed by atoms with Gasteiger partial charge in [-0.05, 0) is 18.2 Å². The van der Waals surface area contributed by atoms with Crippen LogP contribution >= 0.6 is 0 Å². The van der Waals surface area contributed by atoms with Crippen LogP contribution in [0.2, 0.25) is 0 Å². The van der Waals surface area contributed by atoms with Gasteiger partial charge in [-0.1, -0.05) is 30.3 Å². The minimum Gasteiger partial charge on any atom is -0.278 e. The minimum atomic E-state index is -0.427. The molecule has 0 saturated carbocycles. The number of pyridine rings is 1. The van der Waals surface area contributed by atoms with Crippen molar-refractivity contribution in [3.8, 4) is 0 Å². The van der Waals surface area contributed by atoms with Gasteiger partial charge in [-0.3, -0.25) is 20.5 Å². The van der Waals surface area contributed by atoms with E-state index in [9.17, 15) is 10.1 Å². The van der Waals surface area contributed by atoms with Gasteiger partial charge in [-0.2, -0.15) is 5.10 Å². The molecule has 1 N–H and O–H groups in total. The Balaban J connectivity index is 1.87. The number of para-hydroxylation sites is 2. The molecule has 0 spiro atoms. The maximum absolute atomic E-state index is 10.9. The lowest BCUT2D eigenvalue weighted by molar-refractivity contribution is -0.385. The van der Waals surface area contributed by atoms with Gasteiger partial charge >= 0.3 is 0 Å². The molecule has 3 aromatic rings. The molecule has 0 saturated heterocycles. The molecule has 0 aliphatic rings. The fourth-order valence-electron chi connectivity index (χ4n) is 2.13. The first-order chi connectivity index (χ1) is 10.8. The first-order valence-corrected chi connectivity index (χ1v) is 6.62. The topological polar surface area (TPSA) is 80.4 Å². The van der Waals surface area contributed by atoms with Crippen molar-refractivity contribution in [2.24, 2.45) is 5.10 Å². The molecule has 0 fully saturated rings. The summed E-state index contributed by atoms with van der Waals surface area (Å²) in [6.07, 6.45) is 3.12. The highest BCUT2D eigenvalue weighted by Gasteiger charge is 2.09. The maximum Gasteiger partial charge on any atom is 0.278 e. The minimum absolute atomic E-state index is 0.0210. The van der Waals surface area contributed by atoms with Gasteiger partial charge in [0.15, 0.2) is 0 Å². The number of nitrogens with zero attached hydrogens (tertiary/aromatic N) is 3. The molecule has 6 nitrogen and oxygen atoms in total. The van der Waals surface area contributed by atoms with Crippen LogP contribution in [0.3, 0.4) is 0 Å². The fourth-order valence-corrected chi connectivity index (χ4v) is 2.13. The number of hydrazone groups is 1. The van der Waals surface area contributed by atoms with Crippen LogP contribution in [0.25, 0.3) is 10.9 Å². The molecule has 0 aliphatic heterocycles. The maximum atomic E-state index is 10.9. The summed E-state index contributed by atoms with van der Waals surface area (Å²) in [6, 6.07) is 15.9. The second kappa shape index (κ2) is 6.01. The third-order valence-electron chi connectivity index (χ3n) is 3.17. The van der Waals surface area contributed by atoms with Crippen LogP contribution in [-0.2, 0) is 0 Å². The Kier molecular flexibility index (Phi) is 3.74. The Labute approximate surface area is 126 Å². The first kappa shape index (κ1) is 13.7. The highest BCUT2D eigenvalue weighted by atomic mass is 16.6. The Hall–Kier alpha value is -3.28. The van der Waals surface area contributed by atoms with E-state index in [0.717, 1.165) is 16.6 Å². The van der Waals surface area contributed by atoms with Crippen molar-refractivity contribution in [1.82, 2.24) is 4.98 Å². The number of nitro benzene ring substituents is 1. The largest absolute Gasteiger partial charge is 0.278 e. The number of anilines is 1. The Morgan fingerprint density at radius 3 is 2.73 bits per heavy atom. The second-order valence-electron chi connectivity index (χ2n) is 4.56. The molecule has 0 unspecified atom stereocenters. The van der Waals surface area contributed by atoms with E-state index in [-0.39, 0.29) is 5.69 Å². The summed E-state index contributed by atoms with van der Waals surface area (Å²) in [7, 11) is 0. The molecule has 1 heterocycles. The van der Waals surface area contributed by atoms with Crippen LogP contribution in [0.15, 0.2) is 65.9 Å². The lowest BCUT2D eigenvalue weighted by Crippen LogP contribution is -1.96. The fraction of sp³-hybridized carbons (Fsp3) is 0. The van der Waals surface area contributed by atoms with Gasteiger partial charge in [-0.25, -0.2) is 0 Å². The molecule has 2 aromatic carbocycles. The van der Waals surface area contributed by atoms with Gasteiger partial charge < -0.3 is 0 Å². The number of nitrogens with one attached hydrogen (secondary N) is 1. The lowest BCUT2D eigenvalue weighted by Gasteiger charge is -2.04. The quantitative estimate of drug-likeness (QED) is 0.452. The van der Waals surface area contributed by atoms with Gasteiger partial charge in [0.2, 0.25) is 0 Å². The van der Waals surface area contributed by atoms with Crippen LogP contribution in [-0.4, -0.2) is 16.1 Å². The predicted octanol–water partition coefficient (Wildman–Crippen LogP) is 3.59. The summed E-state index contributed by atoms with van der Waals surface area (Å²) in [5, 5.41) is 16.0. The Morgan fingerprint density at radius 1 is 1.09 bits per heavy atom. The van der Waals surface area contributed by atoms with Gasteiger partial charge in [0.25, 0.3) is 5.69 Å². The number of fused-ring (bicyclic) bond motifs is 1. The van der Waals surface area contributed by atoms with Crippen molar-refractivity contribution in [3.63, 3.8) is 0 Å². The van der Waals surface area contributed by atoms with E-state index in [1.165, 1.54) is 12.3 Å². The van der Waals surface area contributed by atoms with Crippen LogP contribution in [0.1, 0.15) is 5.56 Å². The van der Waals surface area contributed by atoms with Crippen LogP contribution in [0.4, 0.5) is 11.4 Å². The SMILES string of the molecule is O=[N+]([O-])c1ccccc1/C=N/Nc1ccnc2ccccc12. The molecule has 0 bridgehead atoms. The third kappa shape index (κ3) is 2.76. The van der Waals surface area contributed by atoms with Gasteiger partial charge in [0.05, 0.1) is 27.9 Å². The van der Waals surface area contributed by atoms with E-state index in [2.05, 4.69) is 15.5 Å². The predicted molar refractivity (Wildman–Crippen MR) is 86.1 cm³/mol. The van der Waals surface area contributed by atoms with Gasteiger partial charge in [-0.15, -0.1) is 0 Å². The molecule has 0 amide bonds. The number of hydrogen-bond donors (Lipinski definition) is 1. The molecule has 0 atom stereocenters. The zero-order valence-electron chi connectivity index (χ0n) is 11.5. The molecule has 3 rings (SSSR count). The van der Waals surface area contributed by atoms with Crippen LogP contribution in [0.5, 0.6) is 0 Å². The van der Waals surface area contributed by atoms with Crippen molar-refractivity contribution < 1.29 is 4.92 Å². The smallest absolute Gasteiger partial charge is 0.278 e. The lowest BCUT2D eigenvalue weighted by atomic mass is 10.2. The van der Waals surface area contributed by atoms with Crippen molar-refractivity contribution in [1.29, 1.82) is 0 Å². The molecule has 108 valence electrons. The first-order valence-electron chi connectivity index (χ1n) is 6.62. The number of aromatic nitrogens is 1. The summed E-state index contributed by atoms with van der Waals surface area (Å²) >= 11 is 0. The number of hydrogen-bond acceptors (Lipinski definition) is 5. The highest BCUT2D eigenvalue weighted by Crippen LogP contribution is 2.21. The van der Waals surface area contributed by atoms with Crippen LogP contribution in [0, 0.1) is 10.1 Å². The van der Waals surface area contributed by atoms with E-state index in [0.29, 0.717) is 5.56 Å². The number of benzene rings is 2. The molecular weight excluding hydrogens is 280 g/mol. The van der Waals surface area contributed by atoms with Gasteiger partial charge in [0, 0.05) is 17.6 Å². The number of nitro groups is 1. The van der Waals surface area contributed by atoms with Crippen LogP contribution < -0.4 is 5.43 Å². The Morgan fingerprint density at radius 2 is 1.86 bits per heavy atom. The summed E-state index contributed by atoms with van der Waals surface area (Å²) in [6.45, 7) is 0. The summed E-state index contributed by atoms with van der Waals surface area (Å²) < 4.78 is 0. The normalized spacial score (nSPS) is 10.9. The number of rotatable bonds is 4. The van der Waals surface area contributed by atoms with E-state index in [1.807, 2.05) is 24.3 Å². The standard InChI is InChI=1S/C16H12N4O2/c21-20(22)16-8-4-1-5-12(16)11-18-19-15-9-10-17-14-7-3-2-6-13(14)15/h1-11H,(H,17,19)/b18-11+. The second-order valence-corrected chi connectivity index (χ2v) is 4.56. The molecule has 22 heavy (non-hydrogen) atoms. The van der Waals surface area contributed by atoms with E-state index >= 15 is 0 Å².